The van der Waals surface area contributed by atoms with Crippen molar-refractivity contribution in [1.82, 2.24) is 4.31 Å². The molecule has 0 aliphatic carbocycles. The number of sulfonamides is 1. The number of hydrogen-bond acceptors (Lipinski definition) is 4. The summed E-state index contributed by atoms with van der Waals surface area (Å²) in [5, 5.41) is 16.9. The van der Waals surface area contributed by atoms with Crippen LogP contribution in [0.4, 0.5) is 4.39 Å². The maximum atomic E-state index is 13.1. The molecule has 0 unspecified atom stereocenters. The minimum Gasteiger partial charge on any atom is -0.480 e. The van der Waals surface area contributed by atoms with Crippen LogP contribution in [0, 0.1) is 5.82 Å². The topological polar surface area (TPSA) is 112 Å². The second-order valence-electron chi connectivity index (χ2n) is 3.64. The summed E-state index contributed by atoms with van der Waals surface area (Å²) in [7, 11) is -4.54. The average Bonchev–Trinajstić information content (AvgIpc) is 2.30. The molecule has 0 aliphatic rings. The Bertz CT molecular complexity index is 631. The Balaban J connectivity index is 3.31. The first-order valence-electron chi connectivity index (χ1n) is 5.03. The third-order valence-corrected chi connectivity index (χ3v) is 4.41. The van der Waals surface area contributed by atoms with Crippen LogP contribution in [0.3, 0.4) is 0 Å². The zero-order valence-corrected chi connectivity index (χ0v) is 11.4. The SMILES string of the molecule is O=C(O)CN(CC(=O)O)S(=O)(=O)c1cc(F)ccc1Cl. The van der Waals surface area contributed by atoms with Gasteiger partial charge in [-0.25, -0.2) is 12.8 Å². The summed E-state index contributed by atoms with van der Waals surface area (Å²) in [5.41, 5.74) is 0. The van der Waals surface area contributed by atoms with E-state index in [1.807, 2.05) is 0 Å². The highest BCUT2D eigenvalue weighted by molar-refractivity contribution is 7.89. The number of carboxylic acids is 2. The van der Waals surface area contributed by atoms with Crippen LogP contribution in [0.5, 0.6) is 0 Å². The van der Waals surface area contributed by atoms with Crippen LogP contribution in [0.2, 0.25) is 5.02 Å². The standard InChI is InChI=1S/C10H9ClFNO6S/c11-7-2-1-6(12)3-8(7)20(18,19)13(4-9(14)15)5-10(16)17/h1-3H,4-5H2,(H,14,15)(H,16,17). The van der Waals surface area contributed by atoms with Crippen LogP contribution >= 0.6 is 11.6 Å². The van der Waals surface area contributed by atoms with Crippen LogP contribution in [0.15, 0.2) is 23.1 Å². The number of nitrogens with zero attached hydrogens (tertiary/aromatic N) is 1. The van der Waals surface area contributed by atoms with Crippen molar-refractivity contribution in [2.75, 3.05) is 13.1 Å². The lowest BCUT2D eigenvalue weighted by atomic mass is 10.3. The first kappa shape index (κ1) is 16.3. The zero-order chi connectivity index (χ0) is 15.5. The molecule has 0 spiro atoms. The van der Waals surface area contributed by atoms with Gasteiger partial charge in [-0.15, -0.1) is 0 Å². The van der Waals surface area contributed by atoms with Crippen molar-refractivity contribution < 1.29 is 32.6 Å². The fraction of sp³-hybridized carbons (Fsp3) is 0.200. The molecular formula is C10H9ClFNO6S. The number of carbonyl (C=O) groups is 2. The number of carboxylic acid groups (broad SMARTS) is 2. The van der Waals surface area contributed by atoms with Crippen LogP contribution < -0.4 is 0 Å². The lowest BCUT2D eigenvalue weighted by Crippen LogP contribution is -2.39. The molecule has 110 valence electrons. The number of hydrogen-bond donors (Lipinski definition) is 2. The molecular weight excluding hydrogens is 317 g/mol. The fourth-order valence-electron chi connectivity index (χ4n) is 1.34. The normalized spacial score (nSPS) is 11.6. The monoisotopic (exact) mass is 325 g/mol. The highest BCUT2D eigenvalue weighted by Gasteiger charge is 2.30. The molecule has 0 amide bonds. The van der Waals surface area contributed by atoms with Crippen molar-refractivity contribution >= 4 is 33.6 Å². The van der Waals surface area contributed by atoms with Gasteiger partial charge < -0.3 is 10.2 Å². The maximum Gasteiger partial charge on any atom is 0.318 e. The summed E-state index contributed by atoms with van der Waals surface area (Å²) in [4.78, 5) is 20.5. The van der Waals surface area contributed by atoms with Crippen molar-refractivity contribution in [2.24, 2.45) is 0 Å². The predicted molar refractivity (Wildman–Crippen MR) is 65.4 cm³/mol. The van der Waals surface area contributed by atoms with E-state index in [-0.39, 0.29) is 9.33 Å². The third kappa shape index (κ3) is 3.89. The van der Waals surface area contributed by atoms with E-state index in [9.17, 15) is 22.4 Å². The van der Waals surface area contributed by atoms with E-state index in [4.69, 9.17) is 21.8 Å². The second kappa shape index (κ2) is 6.16. The lowest BCUT2D eigenvalue weighted by Gasteiger charge is -2.19. The van der Waals surface area contributed by atoms with Gasteiger partial charge in [-0.3, -0.25) is 9.59 Å². The Hall–Kier alpha value is -1.71. The van der Waals surface area contributed by atoms with E-state index in [0.717, 1.165) is 12.1 Å². The number of halogens is 2. The smallest absolute Gasteiger partial charge is 0.318 e. The minimum atomic E-state index is -4.54. The van der Waals surface area contributed by atoms with Crippen molar-refractivity contribution in [2.45, 2.75) is 4.90 Å². The predicted octanol–water partition coefficient (Wildman–Crippen LogP) is 0.639. The Labute approximate surface area is 118 Å². The van der Waals surface area contributed by atoms with Crippen molar-refractivity contribution in [3.8, 4) is 0 Å². The van der Waals surface area contributed by atoms with Crippen molar-refractivity contribution in [1.29, 1.82) is 0 Å². The summed E-state index contributed by atoms with van der Waals surface area (Å²) in [6.07, 6.45) is 0. The maximum absolute atomic E-state index is 13.1. The first-order chi connectivity index (χ1) is 9.14. The summed E-state index contributed by atoms with van der Waals surface area (Å²) in [6, 6.07) is 2.48. The molecule has 0 saturated heterocycles. The molecule has 1 aromatic rings. The zero-order valence-electron chi connectivity index (χ0n) is 9.79. The molecule has 0 aromatic heterocycles. The van der Waals surface area contributed by atoms with Gasteiger partial charge in [-0.2, -0.15) is 4.31 Å². The molecule has 0 fully saturated rings. The third-order valence-electron chi connectivity index (χ3n) is 2.13. The second-order valence-corrected chi connectivity index (χ2v) is 5.95. The first-order valence-corrected chi connectivity index (χ1v) is 6.85. The number of rotatable bonds is 6. The van der Waals surface area contributed by atoms with Gasteiger partial charge in [-0.05, 0) is 18.2 Å². The fourth-order valence-corrected chi connectivity index (χ4v) is 3.17. The largest absolute Gasteiger partial charge is 0.480 e. The molecule has 0 heterocycles. The van der Waals surface area contributed by atoms with E-state index in [1.54, 1.807) is 0 Å². The summed E-state index contributed by atoms with van der Waals surface area (Å²) >= 11 is 5.63. The lowest BCUT2D eigenvalue weighted by molar-refractivity contribution is -0.139. The molecule has 0 bridgehead atoms. The Kier molecular flexibility index (Phi) is 5.03. The van der Waals surface area contributed by atoms with E-state index >= 15 is 0 Å². The Morgan fingerprint density at radius 2 is 1.70 bits per heavy atom. The van der Waals surface area contributed by atoms with Crippen molar-refractivity contribution in [3.63, 3.8) is 0 Å². The van der Waals surface area contributed by atoms with E-state index < -0.39 is 45.8 Å². The molecule has 0 saturated carbocycles. The van der Waals surface area contributed by atoms with E-state index in [0.29, 0.717) is 6.07 Å². The Morgan fingerprint density at radius 1 is 1.20 bits per heavy atom. The van der Waals surface area contributed by atoms with Gasteiger partial charge in [0.1, 0.15) is 23.8 Å². The van der Waals surface area contributed by atoms with Gasteiger partial charge in [0, 0.05) is 0 Å². The van der Waals surface area contributed by atoms with Gasteiger partial charge in [0.05, 0.1) is 5.02 Å². The number of benzene rings is 1. The van der Waals surface area contributed by atoms with E-state index in [1.165, 1.54) is 0 Å². The molecule has 20 heavy (non-hydrogen) atoms. The van der Waals surface area contributed by atoms with Crippen molar-refractivity contribution in [3.05, 3.63) is 29.0 Å². The molecule has 10 heteroatoms. The number of aliphatic carboxylic acids is 2. The summed E-state index contributed by atoms with van der Waals surface area (Å²) < 4.78 is 37.5. The van der Waals surface area contributed by atoms with Gasteiger partial charge >= 0.3 is 11.9 Å². The van der Waals surface area contributed by atoms with Gasteiger partial charge in [0.15, 0.2) is 0 Å². The Morgan fingerprint density at radius 3 is 2.15 bits per heavy atom. The highest BCUT2D eigenvalue weighted by atomic mass is 35.5. The molecule has 2 N–H and O–H groups in total. The minimum absolute atomic E-state index is 0.179. The molecule has 7 nitrogen and oxygen atoms in total. The van der Waals surface area contributed by atoms with Gasteiger partial charge in [-0.1, -0.05) is 11.6 Å². The average molecular weight is 326 g/mol. The summed E-state index contributed by atoms with van der Waals surface area (Å²) in [6.45, 7) is -2.16. The van der Waals surface area contributed by atoms with E-state index in [2.05, 4.69) is 0 Å². The molecule has 1 aromatic carbocycles. The van der Waals surface area contributed by atoms with Crippen LogP contribution in [-0.2, 0) is 19.6 Å². The summed E-state index contributed by atoms with van der Waals surface area (Å²) in [5.74, 6) is -4.01. The van der Waals surface area contributed by atoms with Crippen LogP contribution in [0.1, 0.15) is 0 Å². The molecule has 0 atom stereocenters. The molecule has 1 rings (SSSR count). The molecule has 0 aliphatic heterocycles. The molecule has 0 radical (unpaired) electrons. The van der Waals surface area contributed by atoms with Crippen LogP contribution in [-0.4, -0.2) is 48.0 Å². The van der Waals surface area contributed by atoms with Gasteiger partial charge in [0.2, 0.25) is 10.0 Å². The quantitative estimate of drug-likeness (QED) is 0.793. The van der Waals surface area contributed by atoms with Crippen LogP contribution in [0.25, 0.3) is 0 Å². The van der Waals surface area contributed by atoms with Gasteiger partial charge in [0.25, 0.3) is 0 Å². The highest BCUT2D eigenvalue weighted by Crippen LogP contribution is 2.25.